The smallest absolute Gasteiger partial charge is 0.274 e. The van der Waals surface area contributed by atoms with Gasteiger partial charge < -0.3 is 19.4 Å². The largest absolute Gasteiger partial charge is 0.495 e. The van der Waals surface area contributed by atoms with E-state index in [4.69, 9.17) is 4.74 Å². The van der Waals surface area contributed by atoms with Gasteiger partial charge in [-0.1, -0.05) is 12.1 Å². The molecule has 0 saturated carbocycles. The third-order valence-electron chi connectivity index (χ3n) is 5.86. The van der Waals surface area contributed by atoms with E-state index < -0.39 is 0 Å². The van der Waals surface area contributed by atoms with Crippen molar-refractivity contribution in [3.8, 4) is 5.75 Å². The number of piperazine rings is 1. The first-order valence-corrected chi connectivity index (χ1v) is 10.4. The summed E-state index contributed by atoms with van der Waals surface area (Å²) in [5.74, 6) is 0.688. The van der Waals surface area contributed by atoms with Crippen molar-refractivity contribution in [1.82, 2.24) is 19.8 Å². The van der Waals surface area contributed by atoms with Crippen LogP contribution in [0, 0.1) is 5.92 Å². The fraction of sp³-hybridized carbons (Fsp3) is 0.455. The number of hydrogen-bond acceptors (Lipinski definition) is 6. The number of likely N-dealkylation sites (tertiary alicyclic amines) is 1. The van der Waals surface area contributed by atoms with Crippen LogP contribution in [0.15, 0.2) is 42.9 Å². The van der Waals surface area contributed by atoms with Gasteiger partial charge in [0.15, 0.2) is 0 Å². The van der Waals surface area contributed by atoms with Crippen LogP contribution in [-0.4, -0.2) is 78.0 Å². The zero-order valence-corrected chi connectivity index (χ0v) is 17.2. The highest BCUT2D eigenvalue weighted by Crippen LogP contribution is 2.29. The second kappa shape index (κ2) is 9.11. The number of piperidine rings is 1. The predicted molar refractivity (Wildman–Crippen MR) is 112 cm³/mol. The Morgan fingerprint density at radius 2 is 1.83 bits per heavy atom. The summed E-state index contributed by atoms with van der Waals surface area (Å²) in [6, 6.07) is 7.96. The third-order valence-corrected chi connectivity index (χ3v) is 5.86. The van der Waals surface area contributed by atoms with Crippen molar-refractivity contribution < 1.29 is 14.3 Å². The normalized spacial score (nSPS) is 19.5. The summed E-state index contributed by atoms with van der Waals surface area (Å²) in [4.78, 5) is 39.8. The molecule has 2 fully saturated rings. The molecule has 1 aromatic carbocycles. The minimum Gasteiger partial charge on any atom is -0.495 e. The molecule has 2 aromatic rings. The highest BCUT2D eigenvalue weighted by atomic mass is 16.5. The average Bonchev–Trinajstić information content (AvgIpc) is 2.84. The Labute approximate surface area is 176 Å². The molecule has 30 heavy (non-hydrogen) atoms. The van der Waals surface area contributed by atoms with Crippen molar-refractivity contribution in [2.24, 2.45) is 5.92 Å². The zero-order chi connectivity index (χ0) is 20.9. The third kappa shape index (κ3) is 4.22. The van der Waals surface area contributed by atoms with Crippen LogP contribution in [0.5, 0.6) is 5.75 Å². The summed E-state index contributed by atoms with van der Waals surface area (Å²) in [6.45, 7) is 3.97. The molecule has 3 heterocycles. The van der Waals surface area contributed by atoms with E-state index >= 15 is 0 Å². The Morgan fingerprint density at radius 3 is 2.57 bits per heavy atom. The van der Waals surface area contributed by atoms with Crippen molar-refractivity contribution in [2.75, 3.05) is 51.3 Å². The lowest BCUT2D eigenvalue weighted by atomic mass is 9.96. The molecule has 2 saturated heterocycles. The number of aromatic nitrogens is 2. The summed E-state index contributed by atoms with van der Waals surface area (Å²) in [5, 5.41) is 0. The molecule has 8 heteroatoms. The molecule has 0 radical (unpaired) electrons. The Morgan fingerprint density at radius 1 is 1.03 bits per heavy atom. The monoisotopic (exact) mass is 409 g/mol. The number of carbonyl (C=O) groups is 2. The maximum absolute atomic E-state index is 13.1. The van der Waals surface area contributed by atoms with E-state index in [0.717, 1.165) is 37.4 Å². The lowest BCUT2D eigenvalue weighted by Gasteiger charge is -2.40. The molecule has 8 nitrogen and oxygen atoms in total. The molecule has 0 N–H and O–H groups in total. The number of anilines is 1. The first kappa shape index (κ1) is 20.1. The quantitative estimate of drug-likeness (QED) is 0.765. The van der Waals surface area contributed by atoms with Gasteiger partial charge in [0, 0.05) is 51.7 Å². The van der Waals surface area contributed by atoms with E-state index in [-0.39, 0.29) is 17.7 Å². The number of nitrogens with zero attached hydrogens (tertiary/aromatic N) is 5. The first-order chi connectivity index (χ1) is 14.7. The number of methoxy groups -OCH3 is 1. The summed E-state index contributed by atoms with van der Waals surface area (Å²) < 4.78 is 5.47. The molecular formula is C22H27N5O3. The van der Waals surface area contributed by atoms with Gasteiger partial charge in [-0.3, -0.25) is 14.6 Å². The second-order valence-electron chi connectivity index (χ2n) is 7.67. The minimum atomic E-state index is -0.155. The van der Waals surface area contributed by atoms with Crippen LogP contribution in [0.25, 0.3) is 0 Å². The molecule has 2 amide bonds. The van der Waals surface area contributed by atoms with Crippen molar-refractivity contribution in [3.05, 3.63) is 48.5 Å². The van der Waals surface area contributed by atoms with Crippen LogP contribution in [-0.2, 0) is 4.79 Å². The maximum atomic E-state index is 13.1. The van der Waals surface area contributed by atoms with E-state index in [2.05, 4.69) is 14.9 Å². The van der Waals surface area contributed by atoms with Crippen LogP contribution in [0.1, 0.15) is 23.3 Å². The van der Waals surface area contributed by atoms with Crippen molar-refractivity contribution in [3.63, 3.8) is 0 Å². The number of carbonyl (C=O) groups excluding carboxylic acids is 2. The Balaban J connectivity index is 1.35. The minimum absolute atomic E-state index is 0.145. The highest BCUT2D eigenvalue weighted by molar-refractivity contribution is 5.92. The summed E-state index contributed by atoms with van der Waals surface area (Å²) in [7, 11) is 1.68. The van der Waals surface area contributed by atoms with E-state index in [0.29, 0.717) is 31.9 Å². The first-order valence-electron chi connectivity index (χ1n) is 10.4. The molecule has 2 aliphatic rings. The molecule has 2 aliphatic heterocycles. The Hall–Kier alpha value is -3.16. The van der Waals surface area contributed by atoms with Gasteiger partial charge in [0.05, 0.1) is 24.9 Å². The van der Waals surface area contributed by atoms with E-state index in [1.54, 1.807) is 18.2 Å². The van der Waals surface area contributed by atoms with Crippen LogP contribution < -0.4 is 9.64 Å². The van der Waals surface area contributed by atoms with Crippen LogP contribution in [0.2, 0.25) is 0 Å². The zero-order valence-electron chi connectivity index (χ0n) is 17.2. The van der Waals surface area contributed by atoms with E-state index in [9.17, 15) is 9.59 Å². The van der Waals surface area contributed by atoms with Crippen molar-refractivity contribution >= 4 is 17.5 Å². The number of amides is 2. The molecule has 4 rings (SSSR count). The van der Waals surface area contributed by atoms with Crippen LogP contribution >= 0.6 is 0 Å². The van der Waals surface area contributed by atoms with Gasteiger partial charge >= 0.3 is 0 Å². The van der Waals surface area contributed by atoms with E-state index in [1.165, 1.54) is 12.4 Å². The van der Waals surface area contributed by atoms with Gasteiger partial charge in [-0.05, 0) is 25.0 Å². The van der Waals surface area contributed by atoms with Gasteiger partial charge in [0.2, 0.25) is 5.91 Å². The lowest BCUT2D eigenvalue weighted by Crippen LogP contribution is -2.53. The molecule has 0 aliphatic carbocycles. The number of ether oxygens (including phenoxy) is 1. The molecule has 0 spiro atoms. The molecule has 1 aromatic heterocycles. The SMILES string of the molecule is COc1ccccc1N1CCN(C(=O)C2CCCN(C(=O)c3cnccn3)C2)CC1. The number of hydrogen-bond donors (Lipinski definition) is 0. The molecule has 158 valence electrons. The van der Waals surface area contributed by atoms with Gasteiger partial charge in [0.25, 0.3) is 5.91 Å². The second-order valence-corrected chi connectivity index (χ2v) is 7.67. The Kier molecular flexibility index (Phi) is 6.11. The molecule has 0 bridgehead atoms. The molecule has 1 unspecified atom stereocenters. The Bertz CT molecular complexity index is 883. The highest BCUT2D eigenvalue weighted by Gasteiger charge is 2.33. The van der Waals surface area contributed by atoms with Gasteiger partial charge in [-0.2, -0.15) is 0 Å². The molecule has 1 atom stereocenters. The molecular weight excluding hydrogens is 382 g/mol. The fourth-order valence-electron chi connectivity index (χ4n) is 4.25. The number of rotatable bonds is 4. The van der Waals surface area contributed by atoms with Gasteiger partial charge in [-0.15, -0.1) is 0 Å². The maximum Gasteiger partial charge on any atom is 0.274 e. The summed E-state index contributed by atoms with van der Waals surface area (Å²) in [5.41, 5.74) is 1.39. The standard InChI is InChI=1S/C22H27N5O3/c1-30-20-7-3-2-6-19(20)25-11-13-26(14-12-25)21(28)17-5-4-10-27(16-17)22(29)18-15-23-8-9-24-18/h2-3,6-9,15,17H,4-5,10-14,16H2,1H3. The summed E-state index contributed by atoms with van der Waals surface area (Å²) in [6.07, 6.45) is 6.18. The van der Waals surface area contributed by atoms with E-state index in [1.807, 2.05) is 29.2 Å². The van der Waals surface area contributed by atoms with Gasteiger partial charge in [-0.25, -0.2) is 4.98 Å². The number of benzene rings is 1. The number of para-hydroxylation sites is 2. The fourth-order valence-corrected chi connectivity index (χ4v) is 4.25. The van der Waals surface area contributed by atoms with Crippen LogP contribution in [0.4, 0.5) is 5.69 Å². The van der Waals surface area contributed by atoms with Gasteiger partial charge in [0.1, 0.15) is 11.4 Å². The average molecular weight is 409 g/mol. The predicted octanol–water partition coefficient (Wildman–Crippen LogP) is 1.69. The van der Waals surface area contributed by atoms with Crippen molar-refractivity contribution in [1.29, 1.82) is 0 Å². The van der Waals surface area contributed by atoms with Crippen LogP contribution in [0.3, 0.4) is 0 Å². The lowest BCUT2D eigenvalue weighted by molar-refractivity contribution is -0.137. The topological polar surface area (TPSA) is 78.9 Å². The summed E-state index contributed by atoms with van der Waals surface area (Å²) >= 11 is 0. The van der Waals surface area contributed by atoms with Crippen molar-refractivity contribution in [2.45, 2.75) is 12.8 Å².